The van der Waals surface area contributed by atoms with Crippen LogP contribution >= 0.6 is 0 Å². The number of rotatable bonds is 5. The summed E-state index contributed by atoms with van der Waals surface area (Å²) in [5.41, 5.74) is 4.37. The predicted molar refractivity (Wildman–Crippen MR) is 138 cm³/mol. The summed E-state index contributed by atoms with van der Waals surface area (Å²) in [6.07, 6.45) is 1.67. The Hall–Kier alpha value is -3.94. The first kappa shape index (κ1) is 22.8. The van der Waals surface area contributed by atoms with Crippen molar-refractivity contribution in [2.24, 2.45) is 5.92 Å². The first-order valence-corrected chi connectivity index (χ1v) is 12.0. The highest BCUT2D eigenvalue weighted by atomic mass is 16.2. The molecule has 3 aromatic rings. The Morgan fingerprint density at radius 2 is 1.63 bits per heavy atom. The number of nitrogens with one attached hydrogen (secondary N) is 1. The summed E-state index contributed by atoms with van der Waals surface area (Å²) in [6, 6.07) is 18.2. The largest absolute Gasteiger partial charge is 0.368 e. The van der Waals surface area contributed by atoms with Gasteiger partial charge in [-0.15, -0.1) is 0 Å². The number of anilines is 4. The normalized spacial score (nSPS) is 18.2. The predicted octanol–water partition coefficient (Wildman–Crippen LogP) is 3.41. The van der Waals surface area contributed by atoms with E-state index in [1.165, 1.54) is 17.6 Å². The molecule has 1 unspecified atom stereocenters. The maximum atomic E-state index is 13.0. The molecule has 2 amide bonds. The number of aromatic nitrogens is 2. The van der Waals surface area contributed by atoms with Crippen molar-refractivity contribution in [1.82, 2.24) is 9.97 Å². The topological polar surface area (TPSA) is 81.7 Å². The summed E-state index contributed by atoms with van der Waals surface area (Å²) in [5.74, 6) is 0.609. The highest BCUT2D eigenvalue weighted by Crippen LogP contribution is 2.28. The van der Waals surface area contributed by atoms with Gasteiger partial charge in [0.05, 0.1) is 5.92 Å². The van der Waals surface area contributed by atoms with Crippen molar-refractivity contribution in [2.75, 3.05) is 52.7 Å². The number of carbonyl (C=O) groups excluding carboxylic acids is 2. The maximum Gasteiger partial charge on any atom is 0.230 e. The molecule has 2 fully saturated rings. The second-order valence-corrected chi connectivity index (χ2v) is 9.23. The lowest BCUT2D eigenvalue weighted by Gasteiger charge is -2.36. The fourth-order valence-electron chi connectivity index (χ4n) is 4.68. The SMILES string of the molecule is Cc1ccc(N2CC(C(=O)Nc3cc(N4CCN(c5ccccc5)CC4)ncn3)CC2=O)cc1C. The van der Waals surface area contributed by atoms with Gasteiger partial charge in [-0.3, -0.25) is 9.59 Å². The van der Waals surface area contributed by atoms with Crippen LogP contribution < -0.4 is 20.0 Å². The van der Waals surface area contributed by atoms with E-state index in [2.05, 4.69) is 49.4 Å². The molecule has 2 aliphatic heterocycles. The molecule has 35 heavy (non-hydrogen) atoms. The minimum atomic E-state index is -0.419. The highest BCUT2D eigenvalue weighted by molar-refractivity contribution is 6.03. The van der Waals surface area contributed by atoms with Crippen LogP contribution in [0.15, 0.2) is 60.9 Å². The second kappa shape index (κ2) is 9.74. The van der Waals surface area contributed by atoms with Gasteiger partial charge in [0.25, 0.3) is 0 Å². The van der Waals surface area contributed by atoms with E-state index in [4.69, 9.17) is 0 Å². The van der Waals surface area contributed by atoms with Gasteiger partial charge < -0.3 is 20.0 Å². The molecule has 2 saturated heterocycles. The van der Waals surface area contributed by atoms with Crippen LogP contribution in [0.3, 0.4) is 0 Å². The van der Waals surface area contributed by atoms with Gasteiger partial charge in [-0.1, -0.05) is 24.3 Å². The zero-order valence-electron chi connectivity index (χ0n) is 20.1. The van der Waals surface area contributed by atoms with Crippen LogP contribution in [-0.2, 0) is 9.59 Å². The van der Waals surface area contributed by atoms with Gasteiger partial charge in [-0.05, 0) is 49.2 Å². The van der Waals surface area contributed by atoms with Gasteiger partial charge in [0.2, 0.25) is 11.8 Å². The molecular weight excluding hydrogens is 440 g/mol. The quantitative estimate of drug-likeness (QED) is 0.616. The van der Waals surface area contributed by atoms with E-state index in [1.807, 2.05) is 44.2 Å². The lowest BCUT2D eigenvalue weighted by Crippen LogP contribution is -2.46. The van der Waals surface area contributed by atoms with Gasteiger partial charge in [0, 0.05) is 56.6 Å². The lowest BCUT2D eigenvalue weighted by atomic mass is 10.1. The Morgan fingerprint density at radius 1 is 0.886 bits per heavy atom. The summed E-state index contributed by atoms with van der Waals surface area (Å²) < 4.78 is 0. The minimum Gasteiger partial charge on any atom is -0.368 e. The van der Waals surface area contributed by atoms with E-state index in [-0.39, 0.29) is 18.2 Å². The Morgan fingerprint density at radius 3 is 2.37 bits per heavy atom. The molecule has 2 aromatic carbocycles. The molecule has 2 aliphatic rings. The third-order valence-corrected chi connectivity index (χ3v) is 6.93. The molecular formula is C27H30N6O2. The van der Waals surface area contributed by atoms with Gasteiger partial charge in [0.15, 0.2) is 0 Å². The summed E-state index contributed by atoms with van der Waals surface area (Å²) in [4.78, 5) is 40.6. The summed E-state index contributed by atoms with van der Waals surface area (Å²) in [6.45, 7) is 7.90. The zero-order chi connectivity index (χ0) is 24.4. The zero-order valence-corrected chi connectivity index (χ0v) is 20.1. The number of nitrogens with zero attached hydrogens (tertiary/aromatic N) is 5. The van der Waals surface area contributed by atoms with Crippen LogP contribution in [0.1, 0.15) is 17.5 Å². The molecule has 0 radical (unpaired) electrons. The van der Waals surface area contributed by atoms with E-state index in [1.54, 1.807) is 4.90 Å². The standard InChI is InChI=1S/C27H30N6O2/c1-19-8-9-23(14-20(19)2)33-17-21(15-26(33)34)27(35)30-24-16-25(29-18-28-24)32-12-10-31(11-13-32)22-6-4-3-5-7-22/h3-9,14,16,18,21H,10-13,15,17H2,1-2H3,(H,28,29,30,35). The number of para-hydroxylation sites is 1. The van der Waals surface area contributed by atoms with Crippen LogP contribution in [0.25, 0.3) is 0 Å². The van der Waals surface area contributed by atoms with Crippen molar-refractivity contribution < 1.29 is 9.59 Å². The first-order valence-electron chi connectivity index (χ1n) is 12.0. The molecule has 0 aliphatic carbocycles. The minimum absolute atomic E-state index is 0.0342. The van der Waals surface area contributed by atoms with Crippen LogP contribution in [-0.4, -0.2) is 54.5 Å². The Bertz CT molecular complexity index is 1220. The van der Waals surface area contributed by atoms with E-state index in [9.17, 15) is 9.59 Å². The number of hydrogen-bond donors (Lipinski definition) is 1. The van der Waals surface area contributed by atoms with Crippen molar-refractivity contribution >= 4 is 34.8 Å². The van der Waals surface area contributed by atoms with Crippen LogP contribution in [0.2, 0.25) is 0 Å². The van der Waals surface area contributed by atoms with Gasteiger partial charge in [-0.25, -0.2) is 9.97 Å². The summed E-state index contributed by atoms with van der Waals surface area (Å²) in [5, 5.41) is 2.91. The molecule has 1 aromatic heterocycles. The van der Waals surface area contributed by atoms with Crippen molar-refractivity contribution in [2.45, 2.75) is 20.3 Å². The molecule has 8 heteroatoms. The molecule has 180 valence electrons. The molecule has 1 atom stereocenters. The lowest BCUT2D eigenvalue weighted by molar-refractivity contribution is -0.122. The maximum absolute atomic E-state index is 13.0. The molecule has 0 saturated carbocycles. The average Bonchev–Trinajstić information content (AvgIpc) is 3.28. The monoisotopic (exact) mass is 470 g/mol. The first-order chi connectivity index (χ1) is 17.0. The number of piperazine rings is 1. The van der Waals surface area contributed by atoms with E-state index in [0.29, 0.717) is 12.4 Å². The van der Waals surface area contributed by atoms with Crippen molar-refractivity contribution in [1.29, 1.82) is 0 Å². The van der Waals surface area contributed by atoms with Gasteiger partial charge in [0.1, 0.15) is 18.0 Å². The number of amides is 2. The third-order valence-electron chi connectivity index (χ3n) is 6.93. The molecule has 5 rings (SSSR count). The van der Waals surface area contributed by atoms with Crippen molar-refractivity contribution in [3.63, 3.8) is 0 Å². The van der Waals surface area contributed by atoms with Gasteiger partial charge in [-0.2, -0.15) is 0 Å². The van der Waals surface area contributed by atoms with E-state index >= 15 is 0 Å². The molecule has 3 heterocycles. The summed E-state index contributed by atoms with van der Waals surface area (Å²) >= 11 is 0. The Kier molecular flexibility index (Phi) is 6.35. The van der Waals surface area contributed by atoms with E-state index < -0.39 is 5.92 Å². The van der Waals surface area contributed by atoms with Crippen LogP contribution in [0.5, 0.6) is 0 Å². The van der Waals surface area contributed by atoms with E-state index in [0.717, 1.165) is 43.2 Å². The number of aryl methyl sites for hydroxylation is 2. The molecule has 8 nitrogen and oxygen atoms in total. The Labute approximate surface area is 205 Å². The smallest absolute Gasteiger partial charge is 0.230 e. The fraction of sp³-hybridized carbons (Fsp3) is 0.333. The third kappa shape index (κ3) is 4.96. The molecule has 0 bridgehead atoms. The number of carbonyl (C=O) groups is 2. The molecule has 0 spiro atoms. The van der Waals surface area contributed by atoms with Crippen LogP contribution in [0, 0.1) is 19.8 Å². The van der Waals surface area contributed by atoms with Crippen molar-refractivity contribution in [3.05, 3.63) is 72.1 Å². The van der Waals surface area contributed by atoms with Crippen LogP contribution in [0.4, 0.5) is 23.0 Å². The van der Waals surface area contributed by atoms with Gasteiger partial charge >= 0.3 is 0 Å². The number of benzene rings is 2. The highest BCUT2D eigenvalue weighted by Gasteiger charge is 2.35. The van der Waals surface area contributed by atoms with Crippen molar-refractivity contribution in [3.8, 4) is 0 Å². The Balaban J connectivity index is 1.20. The second-order valence-electron chi connectivity index (χ2n) is 9.23. The summed E-state index contributed by atoms with van der Waals surface area (Å²) in [7, 11) is 0. The average molecular weight is 471 g/mol. The number of hydrogen-bond acceptors (Lipinski definition) is 6. The fourth-order valence-corrected chi connectivity index (χ4v) is 4.68. The molecule has 1 N–H and O–H groups in total.